The zero-order chi connectivity index (χ0) is 16.4. The van der Waals surface area contributed by atoms with Gasteiger partial charge in [-0.2, -0.15) is 0 Å². The van der Waals surface area contributed by atoms with Gasteiger partial charge in [-0.15, -0.1) is 0 Å². The average Bonchev–Trinajstić information content (AvgIpc) is 2.55. The van der Waals surface area contributed by atoms with Crippen molar-refractivity contribution in [2.45, 2.75) is 30.2 Å². The summed E-state index contributed by atoms with van der Waals surface area (Å²) < 4.78 is 34.0. The van der Waals surface area contributed by atoms with Crippen LogP contribution in [0.1, 0.15) is 30.0 Å². The molecule has 0 saturated heterocycles. The number of hydrogen-bond donors (Lipinski definition) is 1. The van der Waals surface area contributed by atoms with Gasteiger partial charge < -0.3 is 4.74 Å². The first kappa shape index (κ1) is 16.5. The van der Waals surface area contributed by atoms with Gasteiger partial charge in [0, 0.05) is 6.04 Å². The van der Waals surface area contributed by atoms with E-state index in [1.54, 1.807) is 25.3 Å². The largest absolute Gasteiger partial charge is 0.496 e. The Bertz CT molecular complexity index is 820. The molecule has 0 heterocycles. The quantitative estimate of drug-likeness (QED) is 0.855. The van der Waals surface area contributed by atoms with Gasteiger partial charge in [0.15, 0.2) is 0 Å². The fourth-order valence-electron chi connectivity index (χ4n) is 2.95. The molecule has 122 valence electrons. The Balaban J connectivity index is 1.89. The van der Waals surface area contributed by atoms with Gasteiger partial charge in [-0.3, -0.25) is 0 Å². The maximum absolute atomic E-state index is 12.7. The molecule has 4 nitrogen and oxygen atoms in total. The lowest BCUT2D eigenvalue weighted by Gasteiger charge is -2.26. The number of hydrogen-bond acceptors (Lipinski definition) is 3. The lowest BCUT2D eigenvalue weighted by Crippen LogP contribution is -2.31. The first-order valence-corrected chi connectivity index (χ1v) is 9.72. The highest BCUT2D eigenvalue weighted by molar-refractivity contribution is 9.10. The number of nitrogens with one attached hydrogen (secondary N) is 1. The number of aryl methyl sites for hydroxylation is 1. The van der Waals surface area contributed by atoms with Crippen molar-refractivity contribution in [2.75, 3.05) is 7.11 Å². The summed E-state index contributed by atoms with van der Waals surface area (Å²) in [4.78, 5) is 0.230. The molecule has 2 aromatic carbocycles. The van der Waals surface area contributed by atoms with Crippen molar-refractivity contribution in [3.8, 4) is 5.75 Å². The van der Waals surface area contributed by atoms with Crippen LogP contribution >= 0.6 is 15.9 Å². The van der Waals surface area contributed by atoms with E-state index in [9.17, 15) is 8.42 Å². The van der Waals surface area contributed by atoms with Crippen molar-refractivity contribution < 1.29 is 13.2 Å². The Morgan fingerprint density at radius 2 is 2.00 bits per heavy atom. The fraction of sp³-hybridized carbons (Fsp3) is 0.294. The summed E-state index contributed by atoms with van der Waals surface area (Å²) in [5, 5.41) is 0. The molecule has 1 aliphatic rings. The number of ether oxygens (including phenoxy) is 1. The molecule has 0 aromatic heterocycles. The molecule has 2 aromatic rings. The smallest absolute Gasteiger partial charge is 0.241 e. The number of benzene rings is 2. The van der Waals surface area contributed by atoms with Gasteiger partial charge in [0.1, 0.15) is 5.75 Å². The lowest BCUT2D eigenvalue weighted by atomic mass is 9.88. The Hall–Kier alpha value is -1.37. The molecule has 6 heteroatoms. The highest BCUT2D eigenvalue weighted by Crippen LogP contribution is 2.32. The zero-order valence-electron chi connectivity index (χ0n) is 12.8. The van der Waals surface area contributed by atoms with Gasteiger partial charge in [0.25, 0.3) is 0 Å². The van der Waals surface area contributed by atoms with Crippen LogP contribution in [0.15, 0.2) is 51.8 Å². The van der Waals surface area contributed by atoms with Crippen LogP contribution < -0.4 is 9.46 Å². The Kier molecular flexibility index (Phi) is 4.75. The third kappa shape index (κ3) is 3.44. The SMILES string of the molecule is COc1ccc(S(=O)(=O)N[C@H]2CCCc3ccccc32)cc1Br. The van der Waals surface area contributed by atoms with Crippen LogP contribution in [0.25, 0.3) is 0 Å². The van der Waals surface area contributed by atoms with Crippen LogP contribution in [0.4, 0.5) is 0 Å². The molecule has 0 spiro atoms. The second kappa shape index (κ2) is 6.63. The number of methoxy groups -OCH3 is 1. The maximum atomic E-state index is 12.7. The topological polar surface area (TPSA) is 55.4 Å². The van der Waals surface area contributed by atoms with Crippen molar-refractivity contribution in [1.82, 2.24) is 4.72 Å². The lowest BCUT2D eigenvalue weighted by molar-refractivity contribution is 0.411. The molecule has 0 saturated carbocycles. The van der Waals surface area contributed by atoms with E-state index < -0.39 is 10.0 Å². The van der Waals surface area contributed by atoms with E-state index in [1.807, 2.05) is 18.2 Å². The molecule has 0 bridgehead atoms. The standard InChI is InChI=1S/C17H18BrNO3S/c1-22-17-10-9-13(11-15(17)18)23(20,21)19-16-8-4-6-12-5-2-3-7-14(12)16/h2-3,5,7,9-11,16,19H,4,6,8H2,1H3/t16-/m0/s1. The minimum absolute atomic E-state index is 0.175. The summed E-state index contributed by atoms with van der Waals surface area (Å²) in [6, 6.07) is 12.6. The summed E-state index contributed by atoms with van der Waals surface area (Å²) >= 11 is 3.33. The maximum Gasteiger partial charge on any atom is 0.241 e. The molecule has 0 fully saturated rings. The molecule has 0 radical (unpaired) electrons. The molecule has 1 aliphatic carbocycles. The highest BCUT2D eigenvalue weighted by Gasteiger charge is 2.25. The Morgan fingerprint density at radius 3 is 2.74 bits per heavy atom. The van der Waals surface area contributed by atoms with Crippen LogP contribution in [0, 0.1) is 0 Å². The molecule has 0 aliphatic heterocycles. The normalized spacial score (nSPS) is 17.6. The van der Waals surface area contributed by atoms with Crippen LogP contribution in [-0.4, -0.2) is 15.5 Å². The Labute approximate surface area is 145 Å². The van der Waals surface area contributed by atoms with Gasteiger partial charge in [0.2, 0.25) is 10.0 Å². The number of sulfonamides is 1. The summed E-state index contributed by atoms with van der Waals surface area (Å²) in [6.07, 6.45) is 2.80. The monoisotopic (exact) mass is 395 g/mol. The second-order valence-corrected chi connectivity index (χ2v) is 8.13. The molecule has 3 rings (SSSR count). The number of rotatable bonds is 4. The van der Waals surface area contributed by atoms with E-state index in [-0.39, 0.29) is 10.9 Å². The van der Waals surface area contributed by atoms with E-state index in [0.29, 0.717) is 10.2 Å². The van der Waals surface area contributed by atoms with Crippen LogP contribution in [0.5, 0.6) is 5.75 Å². The summed E-state index contributed by atoms with van der Waals surface area (Å²) in [7, 11) is -2.04. The third-order valence-corrected chi connectivity index (χ3v) is 6.19. The van der Waals surface area contributed by atoms with Gasteiger partial charge in [-0.1, -0.05) is 24.3 Å². The van der Waals surface area contributed by atoms with E-state index in [4.69, 9.17) is 4.74 Å². The molecule has 23 heavy (non-hydrogen) atoms. The average molecular weight is 396 g/mol. The van der Waals surface area contributed by atoms with Crippen LogP contribution in [0.3, 0.4) is 0 Å². The first-order valence-electron chi connectivity index (χ1n) is 7.45. The van der Waals surface area contributed by atoms with Crippen molar-refractivity contribution in [2.24, 2.45) is 0 Å². The molecular formula is C17H18BrNO3S. The van der Waals surface area contributed by atoms with Gasteiger partial charge >= 0.3 is 0 Å². The highest BCUT2D eigenvalue weighted by atomic mass is 79.9. The summed E-state index contributed by atoms with van der Waals surface area (Å²) in [6.45, 7) is 0. The van der Waals surface area contributed by atoms with Gasteiger partial charge in [-0.05, 0) is 64.5 Å². The predicted molar refractivity (Wildman–Crippen MR) is 93.1 cm³/mol. The van der Waals surface area contributed by atoms with Crippen molar-refractivity contribution in [1.29, 1.82) is 0 Å². The Morgan fingerprint density at radius 1 is 1.22 bits per heavy atom. The van der Waals surface area contributed by atoms with Crippen molar-refractivity contribution in [3.63, 3.8) is 0 Å². The number of halogens is 1. The van der Waals surface area contributed by atoms with Crippen molar-refractivity contribution >= 4 is 26.0 Å². The first-order chi connectivity index (χ1) is 11.0. The summed E-state index contributed by atoms with van der Waals surface area (Å²) in [5.74, 6) is 0.604. The van der Waals surface area contributed by atoms with E-state index >= 15 is 0 Å². The minimum Gasteiger partial charge on any atom is -0.496 e. The molecular weight excluding hydrogens is 378 g/mol. The number of fused-ring (bicyclic) bond motifs is 1. The fourth-order valence-corrected chi connectivity index (χ4v) is 4.91. The van der Waals surface area contributed by atoms with Crippen LogP contribution in [0.2, 0.25) is 0 Å². The second-order valence-electron chi connectivity index (χ2n) is 5.56. The summed E-state index contributed by atoms with van der Waals surface area (Å²) in [5.41, 5.74) is 2.30. The zero-order valence-corrected chi connectivity index (χ0v) is 15.2. The van der Waals surface area contributed by atoms with E-state index in [0.717, 1.165) is 24.8 Å². The molecule has 0 amide bonds. The molecule has 1 N–H and O–H groups in total. The van der Waals surface area contributed by atoms with E-state index in [2.05, 4.69) is 26.7 Å². The van der Waals surface area contributed by atoms with Crippen molar-refractivity contribution in [3.05, 3.63) is 58.1 Å². The van der Waals surface area contributed by atoms with Gasteiger partial charge in [-0.25, -0.2) is 13.1 Å². The van der Waals surface area contributed by atoms with Gasteiger partial charge in [0.05, 0.1) is 16.5 Å². The van der Waals surface area contributed by atoms with E-state index in [1.165, 1.54) is 5.56 Å². The third-order valence-electron chi connectivity index (χ3n) is 4.10. The molecule has 0 unspecified atom stereocenters. The predicted octanol–water partition coefficient (Wildman–Crippen LogP) is 3.81. The van der Waals surface area contributed by atoms with Crippen LogP contribution in [-0.2, 0) is 16.4 Å². The minimum atomic E-state index is -3.59. The molecule has 1 atom stereocenters.